The van der Waals surface area contributed by atoms with Gasteiger partial charge in [-0.3, -0.25) is 0 Å². The van der Waals surface area contributed by atoms with Gasteiger partial charge in [0.2, 0.25) is 0 Å². The van der Waals surface area contributed by atoms with Gasteiger partial charge in [0.25, 0.3) is 0 Å². The molecule has 0 saturated heterocycles. The SMILES string of the molecule is CC(C)(N)c1cncn1CCCCC(F)(F)F. The van der Waals surface area contributed by atoms with Gasteiger partial charge in [0.05, 0.1) is 17.6 Å². The van der Waals surface area contributed by atoms with E-state index in [1.807, 2.05) is 18.4 Å². The molecular weight excluding hydrogens is 231 g/mol. The summed E-state index contributed by atoms with van der Waals surface area (Å²) in [4.78, 5) is 3.98. The van der Waals surface area contributed by atoms with Gasteiger partial charge in [0, 0.05) is 19.2 Å². The first-order chi connectivity index (χ1) is 7.70. The Hall–Kier alpha value is -1.04. The Balaban J connectivity index is 2.45. The van der Waals surface area contributed by atoms with Crippen LogP contribution in [0.25, 0.3) is 0 Å². The van der Waals surface area contributed by atoms with Crippen LogP contribution in [0.3, 0.4) is 0 Å². The second kappa shape index (κ2) is 5.08. The molecule has 2 N–H and O–H groups in total. The summed E-state index contributed by atoms with van der Waals surface area (Å²) in [6.45, 7) is 4.21. The third-order valence-electron chi connectivity index (χ3n) is 2.48. The average molecular weight is 249 g/mol. The predicted molar refractivity (Wildman–Crippen MR) is 59.3 cm³/mol. The Morgan fingerprint density at radius 3 is 2.47 bits per heavy atom. The molecule has 0 aliphatic carbocycles. The van der Waals surface area contributed by atoms with Crippen molar-refractivity contribution in [2.45, 2.75) is 51.4 Å². The average Bonchev–Trinajstić information content (AvgIpc) is 2.58. The third-order valence-corrected chi connectivity index (χ3v) is 2.48. The highest BCUT2D eigenvalue weighted by Crippen LogP contribution is 2.23. The molecule has 0 amide bonds. The molecule has 0 aliphatic heterocycles. The summed E-state index contributed by atoms with van der Waals surface area (Å²) in [7, 11) is 0. The molecule has 17 heavy (non-hydrogen) atoms. The highest BCUT2D eigenvalue weighted by molar-refractivity contribution is 5.09. The second-order valence-electron chi connectivity index (χ2n) is 4.77. The number of hydrogen-bond donors (Lipinski definition) is 1. The van der Waals surface area contributed by atoms with E-state index in [4.69, 9.17) is 5.73 Å². The van der Waals surface area contributed by atoms with Crippen LogP contribution in [0.4, 0.5) is 13.2 Å². The molecule has 0 aromatic carbocycles. The fourth-order valence-corrected chi connectivity index (χ4v) is 1.64. The predicted octanol–water partition coefficient (Wildman–Crippen LogP) is 2.81. The van der Waals surface area contributed by atoms with E-state index in [0.29, 0.717) is 13.0 Å². The van der Waals surface area contributed by atoms with Crippen molar-refractivity contribution >= 4 is 0 Å². The summed E-state index contributed by atoms with van der Waals surface area (Å²) in [5.41, 5.74) is 6.24. The number of rotatable bonds is 5. The van der Waals surface area contributed by atoms with Crippen LogP contribution < -0.4 is 5.73 Å². The molecule has 0 bridgehead atoms. The van der Waals surface area contributed by atoms with Crippen LogP contribution in [0.2, 0.25) is 0 Å². The highest BCUT2D eigenvalue weighted by Gasteiger charge is 2.26. The van der Waals surface area contributed by atoms with E-state index in [1.165, 1.54) is 0 Å². The normalized spacial score (nSPS) is 13.1. The van der Waals surface area contributed by atoms with Gasteiger partial charge in [-0.25, -0.2) is 4.98 Å². The maximum Gasteiger partial charge on any atom is 0.389 e. The maximum absolute atomic E-state index is 12.0. The fraction of sp³-hybridized carbons (Fsp3) is 0.727. The number of imidazole rings is 1. The number of aromatic nitrogens is 2. The van der Waals surface area contributed by atoms with Gasteiger partial charge in [-0.2, -0.15) is 13.2 Å². The Kier molecular flexibility index (Phi) is 4.19. The second-order valence-corrected chi connectivity index (χ2v) is 4.77. The van der Waals surface area contributed by atoms with Crippen molar-refractivity contribution in [3.05, 3.63) is 18.2 Å². The minimum Gasteiger partial charge on any atom is -0.333 e. The zero-order chi connectivity index (χ0) is 13.1. The zero-order valence-corrected chi connectivity index (χ0v) is 10.1. The van der Waals surface area contributed by atoms with Gasteiger partial charge >= 0.3 is 6.18 Å². The Morgan fingerprint density at radius 2 is 1.94 bits per heavy atom. The molecule has 3 nitrogen and oxygen atoms in total. The van der Waals surface area contributed by atoms with E-state index < -0.39 is 18.1 Å². The first-order valence-electron chi connectivity index (χ1n) is 5.56. The Morgan fingerprint density at radius 1 is 1.29 bits per heavy atom. The summed E-state index contributed by atoms with van der Waals surface area (Å²) in [6.07, 6.45) is -0.930. The topological polar surface area (TPSA) is 43.8 Å². The molecular formula is C11H18F3N3. The van der Waals surface area contributed by atoms with Crippen molar-refractivity contribution in [2.24, 2.45) is 5.73 Å². The number of nitrogens with two attached hydrogens (primary N) is 1. The van der Waals surface area contributed by atoms with Crippen molar-refractivity contribution in [2.75, 3.05) is 0 Å². The molecule has 0 atom stereocenters. The number of hydrogen-bond acceptors (Lipinski definition) is 2. The Labute approximate surface area is 98.8 Å². The molecule has 0 radical (unpaired) electrons. The fourth-order valence-electron chi connectivity index (χ4n) is 1.64. The van der Waals surface area contributed by atoms with Gasteiger partial charge in [0.1, 0.15) is 0 Å². The summed E-state index contributed by atoms with van der Waals surface area (Å²) in [5, 5.41) is 0. The van der Waals surface area contributed by atoms with Gasteiger partial charge < -0.3 is 10.3 Å². The van der Waals surface area contributed by atoms with Crippen LogP contribution in [0.15, 0.2) is 12.5 Å². The minimum atomic E-state index is -4.06. The van der Waals surface area contributed by atoms with Gasteiger partial charge in [-0.15, -0.1) is 0 Å². The van der Waals surface area contributed by atoms with E-state index in [-0.39, 0.29) is 6.42 Å². The van der Waals surface area contributed by atoms with E-state index in [0.717, 1.165) is 5.69 Å². The molecule has 0 saturated carbocycles. The van der Waals surface area contributed by atoms with E-state index >= 15 is 0 Å². The number of halogens is 3. The van der Waals surface area contributed by atoms with Crippen molar-refractivity contribution < 1.29 is 13.2 Å². The van der Waals surface area contributed by atoms with E-state index in [2.05, 4.69) is 4.98 Å². The van der Waals surface area contributed by atoms with Crippen LogP contribution >= 0.6 is 0 Å². The molecule has 98 valence electrons. The largest absolute Gasteiger partial charge is 0.389 e. The lowest BCUT2D eigenvalue weighted by molar-refractivity contribution is -0.135. The first kappa shape index (κ1) is 14.0. The molecule has 0 fully saturated rings. The number of nitrogens with zero attached hydrogens (tertiary/aromatic N) is 2. The lowest BCUT2D eigenvalue weighted by Crippen LogP contribution is -2.31. The van der Waals surface area contributed by atoms with Crippen LogP contribution in [-0.2, 0) is 12.1 Å². The minimum absolute atomic E-state index is 0.131. The smallest absolute Gasteiger partial charge is 0.333 e. The number of alkyl halides is 3. The molecule has 0 spiro atoms. The number of unbranched alkanes of at least 4 members (excludes halogenated alkanes) is 1. The van der Waals surface area contributed by atoms with Gasteiger partial charge in [-0.1, -0.05) is 0 Å². The van der Waals surface area contributed by atoms with Crippen molar-refractivity contribution in [3.63, 3.8) is 0 Å². The highest BCUT2D eigenvalue weighted by atomic mass is 19.4. The monoisotopic (exact) mass is 249 g/mol. The Bertz CT molecular complexity index is 350. The molecule has 0 aliphatic rings. The summed E-state index contributed by atoms with van der Waals surface area (Å²) in [5.74, 6) is 0. The van der Waals surface area contributed by atoms with Crippen LogP contribution in [0.5, 0.6) is 0 Å². The molecule has 0 unspecified atom stereocenters. The summed E-state index contributed by atoms with van der Waals surface area (Å²) in [6, 6.07) is 0. The summed E-state index contributed by atoms with van der Waals surface area (Å²) >= 11 is 0. The zero-order valence-electron chi connectivity index (χ0n) is 10.1. The summed E-state index contributed by atoms with van der Waals surface area (Å²) < 4.78 is 37.7. The standard InChI is InChI=1S/C11H18F3N3/c1-10(2,15)9-7-16-8-17(9)6-4-3-5-11(12,13)14/h7-8H,3-6,15H2,1-2H3. The molecule has 1 aromatic heterocycles. The number of aryl methyl sites for hydroxylation is 1. The molecule has 1 heterocycles. The van der Waals surface area contributed by atoms with E-state index in [9.17, 15) is 13.2 Å². The molecule has 1 aromatic rings. The van der Waals surface area contributed by atoms with E-state index in [1.54, 1.807) is 12.5 Å². The van der Waals surface area contributed by atoms with Crippen LogP contribution in [0, 0.1) is 0 Å². The lowest BCUT2D eigenvalue weighted by atomic mass is 10.0. The van der Waals surface area contributed by atoms with Crippen molar-refractivity contribution in [1.82, 2.24) is 9.55 Å². The van der Waals surface area contributed by atoms with Crippen LogP contribution in [-0.4, -0.2) is 15.7 Å². The van der Waals surface area contributed by atoms with Gasteiger partial charge in [-0.05, 0) is 26.7 Å². The van der Waals surface area contributed by atoms with Gasteiger partial charge in [0.15, 0.2) is 0 Å². The third kappa shape index (κ3) is 4.77. The first-order valence-corrected chi connectivity index (χ1v) is 5.56. The lowest BCUT2D eigenvalue weighted by Gasteiger charge is -2.20. The van der Waals surface area contributed by atoms with Crippen LogP contribution in [0.1, 0.15) is 38.8 Å². The quantitative estimate of drug-likeness (QED) is 0.815. The molecule has 6 heteroatoms. The van der Waals surface area contributed by atoms with Crippen molar-refractivity contribution in [3.8, 4) is 0 Å². The maximum atomic E-state index is 12.0. The molecule has 1 rings (SSSR count). The van der Waals surface area contributed by atoms with Crippen molar-refractivity contribution in [1.29, 1.82) is 0 Å².